The predicted molar refractivity (Wildman–Crippen MR) is 48.1 cm³/mol. The Morgan fingerprint density at radius 2 is 2.25 bits per heavy atom. The number of hydrogen-bond acceptors (Lipinski definition) is 2. The number of hydrogen-bond donors (Lipinski definition) is 2. The second-order valence-electron chi connectivity index (χ2n) is 3.14. The molecule has 1 aromatic carbocycles. The van der Waals surface area contributed by atoms with E-state index in [9.17, 15) is 5.11 Å². The molecule has 2 atom stereocenters. The minimum absolute atomic E-state index is 0.265. The van der Waals surface area contributed by atoms with E-state index >= 15 is 0 Å². The Morgan fingerprint density at radius 1 is 1.50 bits per heavy atom. The first-order valence-electron chi connectivity index (χ1n) is 3.90. The highest BCUT2D eigenvalue weighted by Crippen LogP contribution is 2.31. The minimum atomic E-state index is -0.446. The Balaban J connectivity index is 2.48. The van der Waals surface area contributed by atoms with Crippen LogP contribution in [0.3, 0.4) is 0 Å². The molecule has 1 aliphatic rings. The molecule has 12 heavy (non-hydrogen) atoms. The van der Waals surface area contributed by atoms with Crippen LogP contribution in [0.2, 0.25) is 5.02 Å². The van der Waals surface area contributed by atoms with Gasteiger partial charge in [-0.1, -0.05) is 17.7 Å². The Kier molecular flexibility index (Phi) is 1.83. The Labute approximate surface area is 76.0 Å². The fourth-order valence-electron chi connectivity index (χ4n) is 1.62. The van der Waals surface area contributed by atoms with Crippen molar-refractivity contribution in [1.82, 2.24) is 0 Å². The molecule has 2 rings (SSSR count). The van der Waals surface area contributed by atoms with Crippen LogP contribution in [0.4, 0.5) is 0 Å². The van der Waals surface area contributed by atoms with E-state index in [1.54, 1.807) is 0 Å². The van der Waals surface area contributed by atoms with Crippen molar-refractivity contribution < 1.29 is 5.11 Å². The van der Waals surface area contributed by atoms with E-state index in [0.29, 0.717) is 11.4 Å². The van der Waals surface area contributed by atoms with Gasteiger partial charge >= 0.3 is 0 Å². The van der Waals surface area contributed by atoms with Gasteiger partial charge in [-0.3, -0.25) is 0 Å². The van der Waals surface area contributed by atoms with Gasteiger partial charge in [0.25, 0.3) is 0 Å². The summed E-state index contributed by atoms with van der Waals surface area (Å²) < 4.78 is 0. The summed E-state index contributed by atoms with van der Waals surface area (Å²) in [6, 6.07) is 5.31. The highest BCUT2D eigenvalue weighted by atomic mass is 35.5. The third-order valence-corrected chi connectivity index (χ3v) is 2.55. The fraction of sp³-hybridized carbons (Fsp3) is 0.333. The van der Waals surface area contributed by atoms with Gasteiger partial charge in [0.05, 0.1) is 12.1 Å². The number of aliphatic hydroxyl groups excluding tert-OH is 1. The summed E-state index contributed by atoms with van der Waals surface area (Å²) in [5, 5.41) is 10.1. The van der Waals surface area contributed by atoms with E-state index < -0.39 is 6.10 Å². The van der Waals surface area contributed by atoms with Crippen LogP contribution >= 0.6 is 11.6 Å². The molecule has 0 fully saturated rings. The number of fused-ring (bicyclic) bond motifs is 1. The molecular formula is C9H10ClNO. The molecule has 0 aliphatic heterocycles. The van der Waals surface area contributed by atoms with Gasteiger partial charge in [-0.05, 0) is 23.3 Å². The third-order valence-electron chi connectivity index (χ3n) is 2.31. The van der Waals surface area contributed by atoms with Crippen molar-refractivity contribution >= 4 is 11.6 Å². The molecule has 1 aliphatic carbocycles. The number of rotatable bonds is 0. The molecule has 0 saturated carbocycles. The van der Waals surface area contributed by atoms with E-state index in [1.807, 2.05) is 18.2 Å². The minimum Gasteiger partial charge on any atom is -0.391 e. The quantitative estimate of drug-likeness (QED) is 0.636. The van der Waals surface area contributed by atoms with Crippen LogP contribution in [0.1, 0.15) is 17.2 Å². The maximum absolute atomic E-state index is 9.44. The molecule has 3 N–H and O–H groups in total. The molecule has 0 saturated heterocycles. The second-order valence-corrected chi connectivity index (χ2v) is 3.58. The number of aliphatic hydroxyl groups is 1. The van der Waals surface area contributed by atoms with E-state index in [0.717, 1.165) is 11.1 Å². The first-order valence-corrected chi connectivity index (χ1v) is 4.28. The van der Waals surface area contributed by atoms with Gasteiger partial charge in [0.15, 0.2) is 0 Å². The molecule has 64 valence electrons. The van der Waals surface area contributed by atoms with E-state index in [2.05, 4.69) is 0 Å². The van der Waals surface area contributed by atoms with Crippen molar-refractivity contribution in [2.75, 3.05) is 0 Å². The van der Waals surface area contributed by atoms with Crippen molar-refractivity contribution in [3.63, 3.8) is 0 Å². The van der Waals surface area contributed by atoms with Crippen LogP contribution in [0.15, 0.2) is 18.2 Å². The van der Waals surface area contributed by atoms with Gasteiger partial charge in [-0.25, -0.2) is 0 Å². The van der Waals surface area contributed by atoms with Crippen LogP contribution in [-0.4, -0.2) is 11.2 Å². The van der Waals surface area contributed by atoms with Gasteiger partial charge in [-0.15, -0.1) is 0 Å². The molecule has 0 amide bonds. The van der Waals surface area contributed by atoms with Crippen molar-refractivity contribution in [3.8, 4) is 0 Å². The SMILES string of the molecule is N[C@@H]1c2cc(Cl)ccc2C[C@H]1O. The average Bonchev–Trinajstić information content (AvgIpc) is 2.31. The van der Waals surface area contributed by atoms with E-state index in [-0.39, 0.29) is 6.04 Å². The predicted octanol–water partition coefficient (Wildman–Crippen LogP) is 1.26. The zero-order chi connectivity index (χ0) is 8.72. The van der Waals surface area contributed by atoms with Crippen molar-refractivity contribution in [2.24, 2.45) is 5.73 Å². The van der Waals surface area contributed by atoms with Crippen molar-refractivity contribution in [3.05, 3.63) is 34.3 Å². The lowest BCUT2D eigenvalue weighted by Gasteiger charge is -2.08. The molecule has 1 aromatic rings. The molecule has 2 nitrogen and oxygen atoms in total. The molecule has 0 spiro atoms. The topological polar surface area (TPSA) is 46.2 Å². The van der Waals surface area contributed by atoms with E-state index in [4.69, 9.17) is 17.3 Å². The molecule has 0 aromatic heterocycles. The monoisotopic (exact) mass is 183 g/mol. The van der Waals surface area contributed by atoms with Crippen molar-refractivity contribution in [1.29, 1.82) is 0 Å². The first-order chi connectivity index (χ1) is 5.68. The molecular weight excluding hydrogens is 174 g/mol. The zero-order valence-corrected chi connectivity index (χ0v) is 7.25. The second kappa shape index (κ2) is 2.73. The van der Waals surface area contributed by atoms with Crippen LogP contribution in [0.25, 0.3) is 0 Å². The van der Waals surface area contributed by atoms with Gasteiger partial charge in [0, 0.05) is 11.4 Å². The molecule has 0 heterocycles. The van der Waals surface area contributed by atoms with Crippen LogP contribution in [0.5, 0.6) is 0 Å². The van der Waals surface area contributed by atoms with Crippen LogP contribution in [-0.2, 0) is 6.42 Å². The summed E-state index contributed by atoms with van der Waals surface area (Å²) >= 11 is 5.80. The van der Waals surface area contributed by atoms with Crippen LogP contribution in [0, 0.1) is 0 Å². The number of halogens is 1. The lowest BCUT2D eigenvalue weighted by molar-refractivity contribution is 0.158. The summed E-state index contributed by atoms with van der Waals surface area (Å²) in [5.74, 6) is 0. The Morgan fingerprint density at radius 3 is 3.00 bits per heavy atom. The lowest BCUT2D eigenvalue weighted by Crippen LogP contribution is -2.21. The normalized spacial score (nSPS) is 27.2. The molecule has 3 heteroatoms. The highest BCUT2D eigenvalue weighted by molar-refractivity contribution is 6.30. The first kappa shape index (κ1) is 8.05. The largest absolute Gasteiger partial charge is 0.391 e. The highest BCUT2D eigenvalue weighted by Gasteiger charge is 2.27. The number of benzene rings is 1. The number of nitrogens with two attached hydrogens (primary N) is 1. The molecule has 0 bridgehead atoms. The summed E-state index contributed by atoms with van der Waals surface area (Å²) in [6.07, 6.45) is 0.201. The molecule has 0 radical (unpaired) electrons. The standard InChI is InChI=1S/C9H10ClNO/c10-6-2-1-5-3-8(12)9(11)7(5)4-6/h1-2,4,8-9,12H,3,11H2/t8-,9-/m1/s1. The smallest absolute Gasteiger partial charge is 0.0773 e. The van der Waals surface area contributed by atoms with Gasteiger partial charge in [0.1, 0.15) is 0 Å². The molecule has 0 unspecified atom stereocenters. The van der Waals surface area contributed by atoms with Crippen LogP contribution < -0.4 is 5.73 Å². The summed E-state index contributed by atoms with van der Waals surface area (Å²) in [6.45, 7) is 0. The summed E-state index contributed by atoms with van der Waals surface area (Å²) in [5.41, 5.74) is 7.84. The van der Waals surface area contributed by atoms with Gasteiger partial charge in [-0.2, -0.15) is 0 Å². The fourth-order valence-corrected chi connectivity index (χ4v) is 1.80. The van der Waals surface area contributed by atoms with Crippen molar-refractivity contribution in [2.45, 2.75) is 18.6 Å². The average molecular weight is 184 g/mol. The summed E-state index contributed by atoms with van der Waals surface area (Å²) in [7, 11) is 0. The Hall–Kier alpha value is -0.570. The van der Waals surface area contributed by atoms with Gasteiger partial charge < -0.3 is 10.8 Å². The maximum atomic E-state index is 9.44. The maximum Gasteiger partial charge on any atom is 0.0773 e. The summed E-state index contributed by atoms with van der Waals surface area (Å²) in [4.78, 5) is 0. The van der Waals surface area contributed by atoms with Gasteiger partial charge in [0.2, 0.25) is 0 Å². The Bertz CT molecular complexity index is 313. The third kappa shape index (κ3) is 1.12. The zero-order valence-electron chi connectivity index (χ0n) is 6.50. The lowest BCUT2D eigenvalue weighted by atomic mass is 10.1. The van der Waals surface area contributed by atoms with E-state index in [1.165, 1.54) is 0 Å².